The van der Waals surface area contributed by atoms with Gasteiger partial charge in [-0.1, -0.05) is 16.5 Å². The molecule has 0 aliphatic carbocycles. The van der Waals surface area contributed by atoms with Crippen molar-refractivity contribution in [3.05, 3.63) is 28.4 Å². The molecule has 0 amide bonds. The second-order valence-electron chi connectivity index (χ2n) is 3.77. The lowest BCUT2D eigenvalue weighted by atomic mass is 10.4. The molecular weight excluding hydrogens is 322 g/mol. The minimum atomic E-state index is -3.82. The number of hydrogen-bond donors (Lipinski definition) is 2. The first-order valence-electron chi connectivity index (χ1n) is 5.65. The van der Waals surface area contributed by atoms with Gasteiger partial charge >= 0.3 is 5.69 Å². The maximum Gasteiger partial charge on any atom is 0.304 e. The Labute approximate surface area is 123 Å². The first kappa shape index (κ1) is 15.3. The molecule has 0 radical (unpaired) electrons. The molecule has 0 saturated heterocycles. The van der Waals surface area contributed by atoms with Crippen LogP contribution >= 0.6 is 11.3 Å². The highest BCUT2D eigenvalue weighted by atomic mass is 32.2. The van der Waals surface area contributed by atoms with Crippen LogP contribution in [0.25, 0.3) is 0 Å². The van der Waals surface area contributed by atoms with Gasteiger partial charge < -0.3 is 9.84 Å². The van der Waals surface area contributed by atoms with Gasteiger partial charge in [-0.25, -0.2) is 13.1 Å². The Morgan fingerprint density at radius 1 is 1.52 bits per heavy atom. The van der Waals surface area contributed by atoms with Crippen LogP contribution in [0.4, 0.5) is 10.7 Å². The van der Waals surface area contributed by atoms with Crippen molar-refractivity contribution in [2.75, 3.05) is 18.9 Å². The van der Waals surface area contributed by atoms with Gasteiger partial charge in [-0.2, -0.15) is 4.98 Å². The van der Waals surface area contributed by atoms with Gasteiger partial charge in [-0.3, -0.25) is 10.1 Å². The molecule has 2 rings (SSSR count). The second-order valence-corrected chi connectivity index (χ2v) is 6.82. The lowest BCUT2D eigenvalue weighted by molar-refractivity contribution is -0.383. The number of thiophene rings is 1. The molecule has 10 nitrogen and oxygen atoms in total. The fourth-order valence-corrected chi connectivity index (χ4v) is 3.83. The molecule has 12 heteroatoms. The van der Waals surface area contributed by atoms with E-state index < -0.39 is 14.9 Å². The number of hydrogen-bond acceptors (Lipinski definition) is 9. The molecule has 2 aromatic rings. The van der Waals surface area contributed by atoms with Crippen molar-refractivity contribution < 1.29 is 17.9 Å². The third kappa shape index (κ3) is 3.53. The summed E-state index contributed by atoms with van der Waals surface area (Å²) in [6.45, 7) is 0.0467. The molecule has 2 heterocycles. The molecular formula is C9H11N5O5S2. The largest absolute Gasteiger partial charge is 0.374 e. The Balaban J connectivity index is 2.10. The summed E-state index contributed by atoms with van der Waals surface area (Å²) in [6.07, 6.45) is 1.44. The molecule has 0 aromatic carbocycles. The molecule has 0 spiro atoms. The molecule has 0 fully saturated rings. The Kier molecular flexibility index (Phi) is 4.50. The lowest BCUT2D eigenvalue weighted by Crippen LogP contribution is -2.25. The fraction of sp³-hybridized carbons (Fsp3) is 0.333. The van der Waals surface area contributed by atoms with E-state index in [2.05, 4.69) is 20.2 Å². The van der Waals surface area contributed by atoms with Gasteiger partial charge in [0, 0.05) is 26.1 Å². The topological polar surface area (TPSA) is 140 Å². The number of nitro groups is 1. The third-order valence-corrected chi connectivity index (χ3v) is 5.49. The van der Waals surface area contributed by atoms with E-state index in [-0.39, 0.29) is 27.9 Å². The van der Waals surface area contributed by atoms with Crippen LogP contribution < -0.4 is 10.0 Å². The van der Waals surface area contributed by atoms with Crippen molar-refractivity contribution in [3.63, 3.8) is 0 Å². The standard InChI is InChI=1S/C9H11N5O5S2/c1-10-9-6(14(15)16)4-8(20-9)21(17,18)13-3-2-7-11-5-12-19-7/h4-5,10,13H,2-3H2,1H3. The Morgan fingerprint density at radius 3 is 2.81 bits per heavy atom. The summed E-state index contributed by atoms with van der Waals surface area (Å²) >= 11 is 0.788. The van der Waals surface area contributed by atoms with Crippen molar-refractivity contribution >= 4 is 32.0 Å². The summed E-state index contributed by atoms with van der Waals surface area (Å²) in [6, 6.07) is 1.02. The van der Waals surface area contributed by atoms with Crippen molar-refractivity contribution in [3.8, 4) is 0 Å². The zero-order valence-corrected chi connectivity index (χ0v) is 12.4. The first-order chi connectivity index (χ1) is 9.94. The maximum atomic E-state index is 12.0. The number of nitrogens with one attached hydrogen (secondary N) is 2. The quantitative estimate of drug-likeness (QED) is 0.554. The highest BCUT2D eigenvalue weighted by molar-refractivity contribution is 7.91. The summed E-state index contributed by atoms with van der Waals surface area (Å²) in [5.41, 5.74) is -0.278. The zero-order valence-electron chi connectivity index (χ0n) is 10.8. The Morgan fingerprint density at radius 2 is 2.29 bits per heavy atom. The van der Waals surface area contributed by atoms with Crippen LogP contribution in [0, 0.1) is 10.1 Å². The van der Waals surface area contributed by atoms with Crippen molar-refractivity contribution in [2.45, 2.75) is 10.6 Å². The fourth-order valence-electron chi connectivity index (χ4n) is 1.48. The number of anilines is 1. The van der Waals surface area contributed by atoms with Crippen LogP contribution in [0.15, 0.2) is 21.1 Å². The van der Waals surface area contributed by atoms with E-state index in [1.807, 2.05) is 0 Å². The van der Waals surface area contributed by atoms with Crippen molar-refractivity contribution in [1.29, 1.82) is 0 Å². The summed E-state index contributed by atoms with van der Waals surface area (Å²) < 4.78 is 31.0. The molecule has 2 aromatic heterocycles. The molecule has 114 valence electrons. The molecule has 0 atom stereocenters. The van der Waals surface area contributed by atoms with E-state index in [0.717, 1.165) is 17.4 Å². The molecule has 0 aliphatic heterocycles. The van der Waals surface area contributed by atoms with Crippen LogP contribution in [-0.2, 0) is 16.4 Å². The predicted octanol–water partition coefficient (Wildman–Crippen LogP) is 0.602. The van der Waals surface area contributed by atoms with E-state index in [1.165, 1.54) is 13.4 Å². The lowest BCUT2D eigenvalue weighted by Gasteiger charge is -2.01. The van der Waals surface area contributed by atoms with Gasteiger partial charge in [-0.15, -0.1) is 0 Å². The van der Waals surface area contributed by atoms with Gasteiger partial charge in [0.1, 0.15) is 4.21 Å². The Bertz CT molecular complexity index is 724. The van der Waals surface area contributed by atoms with E-state index in [9.17, 15) is 18.5 Å². The maximum absolute atomic E-state index is 12.0. The van der Waals surface area contributed by atoms with E-state index in [4.69, 9.17) is 4.52 Å². The molecule has 21 heavy (non-hydrogen) atoms. The summed E-state index contributed by atoms with van der Waals surface area (Å²) in [5, 5.41) is 17.0. The van der Waals surface area contributed by atoms with Crippen LogP contribution in [0.5, 0.6) is 0 Å². The van der Waals surface area contributed by atoms with Crippen LogP contribution in [0.3, 0.4) is 0 Å². The predicted molar refractivity (Wildman–Crippen MR) is 73.7 cm³/mol. The van der Waals surface area contributed by atoms with Gasteiger partial charge in [0.05, 0.1) is 4.92 Å². The third-order valence-electron chi connectivity index (χ3n) is 2.42. The average molecular weight is 333 g/mol. The number of rotatable bonds is 7. The molecule has 0 aliphatic rings. The van der Waals surface area contributed by atoms with Crippen molar-refractivity contribution in [2.24, 2.45) is 0 Å². The normalized spacial score (nSPS) is 11.5. The van der Waals surface area contributed by atoms with Gasteiger partial charge in [0.15, 0.2) is 11.3 Å². The van der Waals surface area contributed by atoms with Gasteiger partial charge in [0.25, 0.3) is 0 Å². The van der Waals surface area contributed by atoms with E-state index in [1.54, 1.807) is 0 Å². The minimum Gasteiger partial charge on any atom is -0.374 e. The van der Waals surface area contributed by atoms with Crippen LogP contribution in [-0.4, -0.2) is 37.1 Å². The summed E-state index contributed by atoms with van der Waals surface area (Å²) in [4.78, 5) is 13.9. The minimum absolute atomic E-state index is 0.0467. The smallest absolute Gasteiger partial charge is 0.304 e. The van der Waals surface area contributed by atoms with E-state index >= 15 is 0 Å². The number of aromatic nitrogens is 2. The molecule has 2 N–H and O–H groups in total. The SMILES string of the molecule is CNc1sc(S(=O)(=O)NCCc2ncno2)cc1[N+](=O)[O-]. The van der Waals surface area contributed by atoms with Gasteiger partial charge in [-0.05, 0) is 0 Å². The summed E-state index contributed by atoms with van der Waals surface area (Å²) in [7, 11) is -2.34. The Hall–Kier alpha value is -2.05. The van der Waals surface area contributed by atoms with E-state index in [0.29, 0.717) is 5.89 Å². The molecule has 0 bridgehead atoms. The van der Waals surface area contributed by atoms with Crippen LogP contribution in [0.1, 0.15) is 5.89 Å². The van der Waals surface area contributed by atoms with Crippen molar-refractivity contribution in [1.82, 2.24) is 14.9 Å². The van der Waals surface area contributed by atoms with Crippen LogP contribution in [0.2, 0.25) is 0 Å². The number of nitrogens with zero attached hydrogens (tertiary/aromatic N) is 3. The summed E-state index contributed by atoms with van der Waals surface area (Å²) in [5.74, 6) is 0.297. The number of sulfonamides is 1. The molecule has 0 unspecified atom stereocenters. The molecule has 0 saturated carbocycles. The highest BCUT2D eigenvalue weighted by Crippen LogP contribution is 2.36. The highest BCUT2D eigenvalue weighted by Gasteiger charge is 2.25. The monoisotopic (exact) mass is 333 g/mol. The average Bonchev–Trinajstić information content (AvgIpc) is 3.07. The first-order valence-corrected chi connectivity index (χ1v) is 7.95. The second kappa shape index (κ2) is 6.15. The van der Waals surface area contributed by atoms with Gasteiger partial charge in [0.2, 0.25) is 15.9 Å². The zero-order chi connectivity index (χ0) is 15.5.